The molecule has 0 spiro atoms. The highest BCUT2D eigenvalue weighted by Crippen LogP contribution is 2.36. The van der Waals surface area contributed by atoms with Crippen LogP contribution >= 0.6 is 11.6 Å². The number of hydrogen-bond donors (Lipinski definition) is 0. The Morgan fingerprint density at radius 1 is 1.14 bits per heavy atom. The molecule has 0 bridgehead atoms. The molecule has 4 aromatic rings. The molecule has 36 heavy (non-hydrogen) atoms. The summed E-state index contributed by atoms with van der Waals surface area (Å²) in [5, 5.41) is 6.29. The third kappa shape index (κ3) is 4.66. The van der Waals surface area contributed by atoms with Crippen LogP contribution in [0.1, 0.15) is 42.9 Å². The molecule has 8 nitrogen and oxygen atoms in total. The van der Waals surface area contributed by atoms with Crippen molar-refractivity contribution >= 4 is 34.3 Å². The van der Waals surface area contributed by atoms with E-state index in [0.29, 0.717) is 16.5 Å². The van der Waals surface area contributed by atoms with Crippen LogP contribution in [0.2, 0.25) is 5.02 Å². The highest BCUT2D eigenvalue weighted by atomic mass is 35.5. The predicted octanol–water partition coefficient (Wildman–Crippen LogP) is 5.27. The molecule has 0 atom stereocenters. The van der Waals surface area contributed by atoms with Crippen molar-refractivity contribution < 1.29 is 14.3 Å². The van der Waals surface area contributed by atoms with E-state index in [-0.39, 0.29) is 18.2 Å². The van der Waals surface area contributed by atoms with Gasteiger partial charge in [0, 0.05) is 36.1 Å². The fourth-order valence-electron chi connectivity index (χ4n) is 4.43. The van der Waals surface area contributed by atoms with Crippen LogP contribution in [0, 0.1) is 0 Å². The Kier molecular flexibility index (Phi) is 6.89. The SMILES string of the molecule is CCOC(=O)c1cc(-c2ccc(N3CCOCC3)cc2)c2c(C(C)C)nn(-c3cc(Cl)ccn3)c2n1. The molecule has 1 aromatic carbocycles. The van der Waals surface area contributed by atoms with Gasteiger partial charge in [-0.25, -0.2) is 14.8 Å². The maximum absolute atomic E-state index is 12.8. The van der Waals surface area contributed by atoms with Crippen LogP contribution in [0.25, 0.3) is 28.0 Å². The quantitative estimate of drug-likeness (QED) is 0.330. The maximum atomic E-state index is 12.8. The first-order valence-electron chi connectivity index (χ1n) is 12.1. The van der Waals surface area contributed by atoms with Gasteiger partial charge in [0.2, 0.25) is 0 Å². The number of rotatable bonds is 6. The zero-order valence-corrected chi connectivity index (χ0v) is 21.3. The van der Waals surface area contributed by atoms with E-state index in [0.717, 1.165) is 54.2 Å². The van der Waals surface area contributed by atoms with Crippen LogP contribution in [0.15, 0.2) is 48.7 Å². The summed E-state index contributed by atoms with van der Waals surface area (Å²) in [7, 11) is 0. The average molecular weight is 506 g/mol. The Labute approximate surface area is 214 Å². The first-order valence-corrected chi connectivity index (χ1v) is 12.5. The summed E-state index contributed by atoms with van der Waals surface area (Å²) in [6.45, 7) is 9.39. The lowest BCUT2D eigenvalue weighted by Gasteiger charge is -2.29. The zero-order chi connectivity index (χ0) is 25.2. The predicted molar refractivity (Wildman–Crippen MR) is 140 cm³/mol. The van der Waals surface area contributed by atoms with Crippen molar-refractivity contribution in [3.63, 3.8) is 0 Å². The van der Waals surface area contributed by atoms with Crippen molar-refractivity contribution in [2.45, 2.75) is 26.7 Å². The largest absolute Gasteiger partial charge is 0.461 e. The number of morpholine rings is 1. The summed E-state index contributed by atoms with van der Waals surface area (Å²) in [5.74, 6) is 0.152. The fourth-order valence-corrected chi connectivity index (χ4v) is 4.58. The van der Waals surface area contributed by atoms with Crippen LogP contribution in [-0.2, 0) is 9.47 Å². The lowest BCUT2D eigenvalue weighted by Crippen LogP contribution is -2.36. The molecule has 4 heterocycles. The van der Waals surface area contributed by atoms with Gasteiger partial charge < -0.3 is 14.4 Å². The minimum absolute atomic E-state index is 0.106. The van der Waals surface area contributed by atoms with Gasteiger partial charge in [-0.3, -0.25) is 0 Å². The van der Waals surface area contributed by atoms with Crippen LogP contribution in [-0.4, -0.2) is 58.6 Å². The Morgan fingerprint density at radius 2 is 1.89 bits per heavy atom. The number of carbonyl (C=O) groups is 1. The zero-order valence-electron chi connectivity index (χ0n) is 20.6. The number of esters is 1. The molecule has 1 aliphatic heterocycles. The van der Waals surface area contributed by atoms with E-state index in [1.54, 1.807) is 36.0 Å². The third-order valence-electron chi connectivity index (χ3n) is 6.18. The third-order valence-corrected chi connectivity index (χ3v) is 6.41. The molecule has 0 N–H and O–H groups in total. The van der Waals surface area contributed by atoms with Crippen molar-refractivity contribution in [1.82, 2.24) is 19.7 Å². The number of pyridine rings is 2. The number of carbonyl (C=O) groups excluding carboxylic acids is 1. The van der Waals surface area contributed by atoms with Crippen molar-refractivity contribution in [2.75, 3.05) is 37.8 Å². The Balaban J connectivity index is 1.72. The second-order valence-electron chi connectivity index (χ2n) is 8.90. The topological polar surface area (TPSA) is 82.4 Å². The summed E-state index contributed by atoms with van der Waals surface area (Å²) in [5.41, 5.74) is 4.59. The number of aromatic nitrogens is 4. The molecule has 186 valence electrons. The van der Waals surface area contributed by atoms with E-state index in [1.807, 2.05) is 0 Å². The number of nitrogens with zero attached hydrogens (tertiary/aromatic N) is 5. The molecule has 0 aliphatic carbocycles. The van der Waals surface area contributed by atoms with Gasteiger partial charge in [0.05, 0.1) is 30.9 Å². The normalized spacial score (nSPS) is 14.0. The summed E-state index contributed by atoms with van der Waals surface area (Å²) in [6.07, 6.45) is 1.63. The standard InChI is InChI=1S/C27H28ClN5O3/c1-4-36-27(34)22-16-21(18-5-7-20(8-6-18)32-11-13-35-14-12-32)24-25(17(2)3)31-33(26(24)30-22)23-15-19(28)9-10-29-23/h5-10,15-17H,4,11-14H2,1-3H3. The summed E-state index contributed by atoms with van der Waals surface area (Å²) < 4.78 is 12.4. The van der Waals surface area contributed by atoms with E-state index in [1.165, 1.54) is 0 Å². The molecule has 9 heteroatoms. The number of benzene rings is 1. The minimum Gasteiger partial charge on any atom is -0.461 e. The molecule has 0 saturated carbocycles. The van der Waals surface area contributed by atoms with Gasteiger partial charge in [-0.2, -0.15) is 9.78 Å². The fraction of sp³-hybridized carbons (Fsp3) is 0.333. The molecule has 3 aromatic heterocycles. The minimum atomic E-state index is -0.483. The summed E-state index contributed by atoms with van der Waals surface area (Å²) in [6, 6.07) is 13.6. The molecule has 1 aliphatic rings. The lowest BCUT2D eigenvalue weighted by molar-refractivity contribution is 0.0520. The second kappa shape index (κ2) is 10.2. The van der Waals surface area contributed by atoms with Crippen molar-refractivity contribution in [1.29, 1.82) is 0 Å². The van der Waals surface area contributed by atoms with Crippen molar-refractivity contribution in [2.24, 2.45) is 0 Å². The molecular formula is C27H28ClN5O3. The van der Waals surface area contributed by atoms with Gasteiger partial charge in [-0.15, -0.1) is 0 Å². The van der Waals surface area contributed by atoms with Gasteiger partial charge in [-0.05, 0) is 48.2 Å². The van der Waals surface area contributed by atoms with E-state index in [2.05, 4.69) is 48.0 Å². The molecule has 0 amide bonds. The van der Waals surface area contributed by atoms with Crippen LogP contribution in [0.5, 0.6) is 0 Å². The molecule has 1 saturated heterocycles. The first-order chi connectivity index (χ1) is 17.5. The Morgan fingerprint density at radius 3 is 2.56 bits per heavy atom. The smallest absolute Gasteiger partial charge is 0.357 e. The van der Waals surface area contributed by atoms with Crippen LogP contribution in [0.3, 0.4) is 0 Å². The summed E-state index contributed by atoms with van der Waals surface area (Å²) in [4.78, 5) is 24.3. The van der Waals surface area contributed by atoms with Gasteiger partial charge >= 0.3 is 5.97 Å². The number of hydrogen-bond acceptors (Lipinski definition) is 7. The van der Waals surface area contributed by atoms with Gasteiger partial charge in [0.25, 0.3) is 0 Å². The van der Waals surface area contributed by atoms with Crippen molar-refractivity contribution in [3.05, 3.63) is 65.1 Å². The van der Waals surface area contributed by atoms with Gasteiger partial charge in [0.15, 0.2) is 17.2 Å². The first kappa shape index (κ1) is 24.2. The Hall–Kier alpha value is -3.49. The summed E-state index contributed by atoms with van der Waals surface area (Å²) >= 11 is 6.26. The molecule has 5 rings (SSSR count). The molecule has 1 fully saturated rings. The van der Waals surface area contributed by atoms with E-state index in [9.17, 15) is 4.79 Å². The van der Waals surface area contributed by atoms with Gasteiger partial charge in [0.1, 0.15) is 0 Å². The molecular weight excluding hydrogens is 478 g/mol. The van der Waals surface area contributed by atoms with E-state index in [4.69, 9.17) is 31.2 Å². The average Bonchev–Trinajstić information content (AvgIpc) is 3.29. The number of ether oxygens (including phenoxy) is 2. The van der Waals surface area contributed by atoms with Crippen LogP contribution < -0.4 is 4.90 Å². The van der Waals surface area contributed by atoms with E-state index >= 15 is 0 Å². The highest BCUT2D eigenvalue weighted by Gasteiger charge is 2.24. The van der Waals surface area contributed by atoms with E-state index < -0.39 is 5.97 Å². The second-order valence-corrected chi connectivity index (χ2v) is 9.34. The van der Waals surface area contributed by atoms with Crippen LogP contribution in [0.4, 0.5) is 5.69 Å². The number of halogens is 1. The highest BCUT2D eigenvalue weighted by molar-refractivity contribution is 6.30. The van der Waals surface area contributed by atoms with Crippen molar-refractivity contribution in [3.8, 4) is 16.9 Å². The lowest BCUT2D eigenvalue weighted by atomic mass is 9.97. The molecule has 0 radical (unpaired) electrons. The van der Waals surface area contributed by atoms with Gasteiger partial charge in [-0.1, -0.05) is 37.6 Å². The Bertz CT molecular complexity index is 1390. The maximum Gasteiger partial charge on any atom is 0.357 e. The monoisotopic (exact) mass is 505 g/mol. The molecule has 0 unspecified atom stereocenters. The number of anilines is 1. The number of fused-ring (bicyclic) bond motifs is 1.